The first-order valence-electron chi connectivity index (χ1n) is 10.0. The van der Waals surface area contributed by atoms with E-state index in [9.17, 15) is 13.2 Å². The lowest BCUT2D eigenvalue weighted by Gasteiger charge is -2.19. The van der Waals surface area contributed by atoms with E-state index in [0.717, 1.165) is 32.1 Å². The second-order valence-corrected chi connectivity index (χ2v) is 8.98. The number of esters is 1. The summed E-state index contributed by atoms with van der Waals surface area (Å²) >= 11 is 6.47. The van der Waals surface area contributed by atoms with Crippen LogP contribution in [0.25, 0.3) is 0 Å². The molecule has 0 aliphatic rings. The number of carbonyl (C=O) groups excluding carboxylic acids is 1. The van der Waals surface area contributed by atoms with Crippen molar-refractivity contribution in [2.45, 2.75) is 63.3 Å². The monoisotopic (exact) mass is 456 g/mol. The van der Waals surface area contributed by atoms with Gasteiger partial charge in [-0.1, -0.05) is 50.6 Å². The largest absolute Gasteiger partial charge is 0.467 e. The van der Waals surface area contributed by atoms with Crippen LogP contribution in [0.2, 0.25) is 5.02 Å². The van der Waals surface area contributed by atoms with E-state index in [1.165, 1.54) is 19.6 Å². The van der Waals surface area contributed by atoms with E-state index < -0.39 is 16.0 Å². The lowest BCUT2D eigenvalue weighted by atomic mass is 10.00. The summed E-state index contributed by atoms with van der Waals surface area (Å²) < 4.78 is 34.4. The number of hydrogen-bond acceptors (Lipinski definition) is 6. The number of anilines is 1. The van der Waals surface area contributed by atoms with Crippen molar-refractivity contribution in [3.63, 3.8) is 0 Å². The van der Waals surface area contributed by atoms with Gasteiger partial charge in [-0.25, -0.2) is 18.4 Å². The minimum Gasteiger partial charge on any atom is -0.467 e. The smallest absolute Gasteiger partial charge is 0.340 e. The quantitative estimate of drug-likeness (QED) is 0.347. The highest BCUT2D eigenvalue weighted by atomic mass is 35.5. The van der Waals surface area contributed by atoms with Crippen LogP contribution in [0, 0.1) is 0 Å². The average Bonchev–Trinajstić information content (AvgIpc) is 3.22. The Morgan fingerprint density at radius 1 is 1.23 bits per heavy atom. The molecule has 1 aromatic carbocycles. The Balaban J connectivity index is 2.42. The molecule has 0 saturated carbocycles. The summed E-state index contributed by atoms with van der Waals surface area (Å²) in [6.45, 7) is 2.45. The van der Waals surface area contributed by atoms with Gasteiger partial charge in [0.05, 0.1) is 36.2 Å². The Kier molecular flexibility index (Phi) is 9.20. The number of sulfonamides is 1. The SMILES string of the molecule is CCCCCCCCc1c(Cl)c(S(N)(=O)=O)cc(C(=O)OC)c1NCc1ccco1. The van der Waals surface area contributed by atoms with E-state index in [4.69, 9.17) is 25.9 Å². The summed E-state index contributed by atoms with van der Waals surface area (Å²) in [5, 5.41) is 8.54. The molecule has 30 heavy (non-hydrogen) atoms. The van der Waals surface area contributed by atoms with Crippen molar-refractivity contribution in [3.8, 4) is 0 Å². The Hall–Kier alpha value is -2.03. The Morgan fingerprint density at radius 3 is 2.53 bits per heavy atom. The van der Waals surface area contributed by atoms with Gasteiger partial charge in [0.2, 0.25) is 10.0 Å². The zero-order valence-electron chi connectivity index (χ0n) is 17.4. The van der Waals surface area contributed by atoms with Gasteiger partial charge >= 0.3 is 5.97 Å². The number of primary sulfonamides is 1. The van der Waals surface area contributed by atoms with Crippen LogP contribution < -0.4 is 10.5 Å². The summed E-state index contributed by atoms with van der Waals surface area (Å²) in [6.07, 6.45) is 8.40. The van der Waals surface area contributed by atoms with Gasteiger partial charge in [-0.3, -0.25) is 0 Å². The molecule has 3 N–H and O–H groups in total. The van der Waals surface area contributed by atoms with Gasteiger partial charge in [-0.2, -0.15) is 0 Å². The fourth-order valence-corrected chi connectivity index (χ4v) is 4.49. The van der Waals surface area contributed by atoms with Crippen LogP contribution in [0.1, 0.15) is 67.1 Å². The van der Waals surface area contributed by atoms with Crippen molar-refractivity contribution in [2.24, 2.45) is 5.14 Å². The van der Waals surface area contributed by atoms with E-state index >= 15 is 0 Å². The molecular formula is C21H29ClN2O5S. The summed E-state index contributed by atoms with van der Waals surface area (Å²) in [4.78, 5) is 12.1. The van der Waals surface area contributed by atoms with Crippen LogP contribution >= 0.6 is 11.6 Å². The number of nitrogens with two attached hydrogens (primary N) is 1. The summed E-state index contributed by atoms with van der Waals surface area (Å²) in [6, 6.07) is 4.71. The predicted octanol–water partition coefficient (Wildman–Crippen LogP) is 4.88. The third kappa shape index (κ3) is 6.48. The number of unbranched alkanes of at least 4 members (excludes halogenated alkanes) is 5. The topological polar surface area (TPSA) is 112 Å². The van der Waals surface area contributed by atoms with Crippen molar-refractivity contribution in [1.29, 1.82) is 0 Å². The van der Waals surface area contributed by atoms with Gasteiger partial charge in [-0.05, 0) is 36.6 Å². The number of furan rings is 1. The molecule has 0 radical (unpaired) electrons. The van der Waals surface area contributed by atoms with Crippen LogP contribution in [0.15, 0.2) is 33.8 Å². The van der Waals surface area contributed by atoms with E-state index in [-0.39, 0.29) is 15.5 Å². The first-order chi connectivity index (χ1) is 14.3. The van der Waals surface area contributed by atoms with Crippen LogP contribution in [0.4, 0.5) is 5.69 Å². The molecule has 0 fully saturated rings. The molecule has 0 saturated heterocycles. The number of ether oxygens (including phenoxy) is 1. The van der Waals surface area contributed by atoms with Gasteiger partial charge in [0.1, 0.15) is 10.7 Å². The number of hydrogen-bond donors (Lipinski definition) is 2. The van der Waals surface area contributed by atoms with Gasteiger partial charge in [0.15, 0.2) is 0 Å². The third-order valence-corrected chi connectivity index (χ3v) is 6.32. The third-order valence-electron chi connectivity index (χ3n) is 4.84. The highest BCUT2D eigenvalue weighted by Gasteiger charge is 2.26. The molecule has 0 unspecified atom stereocenters. The zero-order valence-corrected chi connectivity index (χ0v) is 18.9. The zero-order chi connectivity index (χ0) is 22.1. The minimum absolute atomic E-state index is 0.0284. The first kappa shape index (κ1) is 24.2. The maximum Gasteiger partial charge on any atom is 0.340 e. The standard InChI is InChI=1S/C21H29ClN2O5S/c1-3-4-5-6-7-8-11-16-19(22)18(30(23,26)27)13-17(21(25)28-2)20(16)24-14-15-10-9-12-29-15/h9-10,12-13,24H,3-8,11,14H2,1-2H3,(H2,23,26,27). The molecule has 0 spiro atoms. The first-order valence-corrected chi connectivity index (χ1v) is 11.9. The van der Waals surface area contributed by atoms with E-state index in [1.807, 2.05) is 0 Å². The second-order valence-electron chi connectivity index (χ2n) is 7.08. The highest BCUT2D eigenvalue weighted by molar-refractivity contribution is 7.89. The molecule has 0 bridgehead atoms. The summed E-state index contributed by atoms with van der Waals surface area (Å²) in [5.74, 6) is -0.0225. The summed E-state index contributed by atoms with van der Waals surface area (Å²) in [7, 11) is -2.89. The van der Waals surface area contributed by atoms with Crippen LogP contribution in [-0.2, 0) is 27.7 Å². The highest BCUT2D eigenvalue weighted by Crippen LogP contribution is 2.36. The Bertz CT molecular complexity index is 943. The molecule has 1 heterocycles. The number of nitrogens with one attached hydrogen (secondary N) is 1. The number of rotatable bonds is 12. The summed E-state index contributed by atoms with van der Waals surface area (Å²) in [5.41, 5.74) is 1.04. The van der Waals surface area contributed by atoms with Crippen LogP contribution in [-0.4, -0.2) is 21.5 Å². The Labute approximate surface area is 183 Å². The molecule has 0 amide bonds. The maximum absolute atomic E-state index is 12.4. The van der Waals surface area contributed by atoms with Crippen LogP contribution in [0.3, 0.4) is 0 Å². The Morgan fingerprint density at radius 2 is 1.93 bits per heavy atom. The predicted molar refractivity (Wildman–Crippen MR) is 117 cm³/mol. The fourth-order valence-electron chi connectivity index (χ4n) is 3.27. The molecule has 2 rings (SSSR count). The number of carbonyl (C=O) groups is 1. The van der Waals surface area contributed by atoms with E-state index in [0.29, 0.717) is 30.0 Å². The molecule has 166 valence electrons. The molecule has 2 aromatic rings. The van der Waals surface area contributed by atoms with Gasteiger partial charge in [0.25, 0.3) is 0 Å². The molecular weight excluding hydrogens is 428 g/mol. The fraction of sp³-hybridized carbons (Fsp3) is 0.476. The number of benzene rings is 1. The van der Waals surface area contributed by atoms with Crippen molar-refractivity contribution in [2.75, 3.05) is 12.4 Å². The molecule has 0 atom stereocenters. The lowest BCUT2D eigenvalue weighted by molar-refractivity contribution is 0.0601. The van der Waals surface area contributed by atoms with Crippen molar-refractivity contribution in [1.82, 2.24) is 0 Å². The second kappa shape index (κ2) is 11.4. The molecule has 0 aliphatic heterocycles. The van der Waals surface area contributed by atoms with Crippen molar-refractivity contribution in [3.05, 3.63) is 46.4 Å². The van der Waals surface area contributed by atoms with Crippen molar-refractivity contribution >= 4 is 33.3 Å². The molecule has 0 aliphatic carbocycles. The number of halogens is 1. The molecule has 9 heteroatoms. The molecule has 1 aromatic heterocycles. The average molecular weight is 457 g/mol. The maximum atomic E-state index is 12.4. The van der Waals surface area contributed by atoms with Crippen LogP contribution in [0.5, 0.6) is 0 Å². The van der Waals surface area contributed by atoms with E-state index in [2.05, 4.69) is 12.2 Å². The lowest BCUT2D eigenvalue weighted by Crippen LogP contribution is -2.18. The van der Waals surface area contributed by atoms with Gasteiger partial charge in [0, 0.05) is 0 Å². The van der Waals surface area contributed by atoms with E-state index in [1.54, 1.807) is 18.4 Å². The van der Waals surface area contributed by atoms with Gasteiger partial charge < -0.3 is 14.5 Å². The molecule has 7 nitrogen and oxygen atoms in total. The minimum atomic E-state index is -4.12. The number of methoxy groups -OCH3 is 1. The normalized spacial score (nSPS) is 11.5. The van der Waals surface area contributed by atoms with Gasteiger partial charge in [-0.15, -0.1) is 0 Å². The van der Waals surface area contributed by atoms with Crippen molar-refractivity contribution < 1.29 is 22.4 Å².